The van der Waals surface area contributed by atoms with Crippen LogP contribution in [0.2, 0.25) is 0 Å². The normalized spacial score (nSPS) is 18.6. The predicted octanol–water partition coefficient (Wildman–Crippen LogP) is 2.27. The second-order valence-corrected chi connectivity index (χ2v) is 5.19. The molecule has 1 unspecified atom stereocenters. The Morgan fingerprint density at radius 2 is 2.10 bits per heavy atom. The first kappa shape index (κ1) is 13.0. The van der Waals surface area contributed by atoms with Gasteiger partial charge in [-0.1, -0.05) is 0 Å². The van der Waals surface area contributed by atoms with Gasteiger partial charge in [0.15, 0.2) is 11.5 Å². The molecule has 0 saturated heterocycles. The molecule has 0 spiro atoms. The fraction of sp³-hybridized carbons (Fsp3) is 0.500. The lowest BCUT2D eigenvalue weighted by Gasteiger charge is -2.23. The van der Waals surface area contributed by atoms with Gasteiger partial charge in [-0.05, 0) is 24.8 Å². The highest BCUT2D eigenvalue weighted by atomic mass is 19.1. The highest BCUT2D eigenvalue weighted by molar-refractivity contribution is 5.69. The summed E-state index contributed by atoms with van der Waals surface area (Å²) >= 11 is 0. The van der Waals surface area contributed by atoms with Gasteiger partial charge in [0, 0.05) is 11.5 Å². The van der Waals surface area contributed by atoms with Gasteiger partial charge in [0.1, 0.15) is 13.2 Å². The molecule has 1 aliphatic heterocycles. The molecule has 1 aromatic carbocycles. The monoisotopic (exact) mass is 282 g/mol. The lowest BCUT2D eigenvalue weighted by Crippen LogP contribution is -2.18. The molecule has 1 saturated carbocycles. The third-order valence-corrected chi connectivity index (χ3v) is 3.76. The summed E-state index contributed by atoms with van der Waals surface area (Å²) < 4.78 is 24.6. The molecule has 6 heteroatoms. The minimum atomic E-state index is -0.961. The van der Waals surface area contributed by atoms with E-state index < -0.39 is 23.5 Å². The molecular weight excluding hydrogens is 267 g/mol. The fourth-order valence-electron chi connectivity index (χ4n) is 2.65. The van der Waals surface area contributed by atoms with Crippen molar-refractivity contribution in [2.24, 2.45) is 5.92 Å². The number of carboxylic acid groups (broad SMARTS) is 1. The van der Waals surface area contributed by atoms with Gasteiger partial charge < -0.3 is 19.7 Å². The summed E-state index contributed by atoms with van der Waals surface area (Å²) in [5.74, 6) is -2.42. The third kappa shape index (κ3) is 2.26. The van der Waals surface area contributed by atoms with E-state index in [0.29, 0.717) is 12.2 Å². The first-order chi connectivity index (χ1) is 9.58. The molecule has 2 aliphatic rings. The number of phenolic OH excluding ortho intramolecular Hbond substituents is 1. The number of carbonyl (C=O) groups is 1. The molecule has 3 rings (SSSR count). The van der Waals surface area contributed by atoms with Crippen molar-refractivity contribution >= 4 is 5.97 Å². The van der Waals surface area contributed by atoms with Crippen LogP contribution >= 0.6 is 0 Å². The SMILES string of the molecule is O=C(O)CC(c1cc2c(c(F)c1O)OCCO2)C1CC1. The molecule has 1 aliphatic carbocycles. The molecule has 0 bridgehead atoms. The molecule has 0 radical (unpaired) electrons. The van der Waals surface area contributed by atoms with Gasteiger partial charge in [-0.3, -0.25) is 4.79 Å². The number of rotatable bonds is 4. The van der Waals surface area contributed by atoms with Gasteiger partial charge in [-0.15, -0.1) is 0 Å². The predicted molar refractivity (Wildman–Crippen MR) is 66.8 cm³/mol. The summed E-state index contributed by atoms with van der Waals surface area (Å²) in [5.41, 5.74) is 0.302. The van der Waals surface area contributed by atoms with Crippen molar-refractivity contribution in [2.45, 2.75) is 25.2 Å². The van der Waals surface area contributed by atoms with E-state index in [2.05, 4.69) is 0 Å². The van der Waals surface area contributed by atoms with Crippen LogP contribution in [0.25, 0.3) is 0 Å². The van der Waals surface area contributed by atoms with Gasteiger partial charge >= 0.3 is 5.97 Å². The van der Waals surface area contributed by atoms with E-state index >= 15 is 0 Å². The zero-order chi connectivity index (χ0) is 14.3. The standard InChI is InChI=1S/C14H15FO5/c15-12-13(18)9(5-10-14(12)20-4-3-19-10)8(6-11(16)17)7-1-2-7/h5,7-8,18H,1-4,6H2,(H,16,17). The summed E-state index contributed by atoms with van der Waals surface area (Å²) in [5, 5.41) is 19.0. The van der Waals surface area contributed by atoms with Gasteiger partial charge in [-0.2, -0.15) is 4.39 Å². The van der Waals surface area contributed by atoms with E-state index in [1.54, 1.807) is 0 Å². The number of halogens is 1. The average Bonchev–Trinajstić information content (AvgIpc) is 3.25. The maximum absolute atomic E-state index is 14.1. The van der Waals surface area contributed by atoms with E-state index in [0.717, 1.165) is 12.8 Å². The van der Waals surface area contributed by atoms with E-state index in [-0.39, 0.29) is 30.4 Å². The van der Waals surface area contributed by atoms with Crippen molar-refractivity contribution < 1.29 is 28.9 Å². The van der Waals surface area contributed by atoms with Crippen molar-refractivity contribution in [1.29, 1.82) is 0 Å². The lowest BCUT2D eigenvalue weighted by molar-refractivity contribution is -0.137. The quantitative estimate of drug-likeness (QED) is 0.886. The third-order valence-electron chi connectivity index (χ3n) is 3.76. The van der Waals surface area contributed by atoms with E-state index in [9.17, 15) is 14.3 Å². The van der Waals surface area contributed by atoms with E-state index in [4.69, 9.17) is 14.6 Å². The van der Waals surface area contributed by atoms with Crippen LogP contribution in [-0.2, 0) is 4.79 Å². The van der Waals surface area contributed by atoms with Crippen molar-refractivity contribution in [2.75, 3.05) is 13.2 Å². The van der Waals surface area contributed by atoms with Crippen molar-refractivity contribution in [1.82, 2.24) is 0 Å². The Morgan fingerprint density at radius 1 is 1.40 bits per heavy atom. The first-order valence-electron chi connectivity index (χ1n) is 6.60. The van der Waals surface area contributed by atoms with Gasteiger partial charge in [0.25, 0.3) is 0 Å². The van der Waals surface area contributed by atoms with Crippen LogP contribution in [0, 0.1) is 11.7 Å². The zero-order valence-electron chi connectivity index (χ0n) is 10.8. The number of hydrogen-bond donors (Lipinski definition) is 2. The van der Waals surface area contributed by atoms with Crippen molar-refractivity contribution in [3.8, 4) is 17.2 Å². The Labute approximate surface area is 114 Å². The van der Waals surface area contributed by atoms with Crippen LogP contribution in [-0.4, -0.2) is 29.4 Å². The topological polar surface area (TPSA) is 76.0 Å². The summed E-state index contributed by atoms with van der Waals surface area (Å²) in [6.45, 7) is 0.535. The molecular formula is C14H15FO5. The van der Waals surface area contributed by atoms with Crippen LogP contribution < -0.4 is 9.47 Å². The van der Waals surface area contributed by atoms with Crippen LogP contribution in [0.1, 0.15) is 30.7 Å². The van der Waals surface area contributed by atoms with E-state index in [1.807, 2.05) is 0 Å². The Morgan fingerprint density at radius 3 is 2.75 bits per heavy atom. The Hall–Kier alpha value is -1.98. The molecule has 0 amide bonds. The highest BCUT2D eigenvalue weighted by Gasteiger charge is 2.37. The zero-order valence-corrected chi connectivity index (χ0v) is 10.8. The Kier molecular flexibility index (Phi) is 3.16. The second-order valence-electron chi connectivity index (χ2n) is 5.19. The number of hydrogen-bond acceptors (Lipinski definition) is 4. The summed E-state index contributed by atoms with van der Waals surface area (Å²) in [7, 11) is 0. The smallest absolute Gasteiger partial charge is 0.303 e. The number of aliphatic carboxylic acids is 1. The average molecular weight is 282 g/mol. The minimum absolute atomic E-state index is 0.0950. The van der Waals surface area contributed by atoms with Gasteiger partial charge in [0.2, 0.25) is 11.6 Å². The number of ether oxygens (including phenoxy) is 2. The van der Waals surface area contributed by atoms with Crippen LogP contribution in [0.3, 0.4) is 0 Å². The molecule has 2 N–H and O–H groups in total. The fourth-order valence-corrected chi connectivity index (χ4v) is 2.65. The van der Waals surface area contributed by atoms with Crippen LogP contribution in [0.5, 0.6) is 17.2 Å². The number of benzene rings is 1. The van der Waals surface area contributed by atoms with E-state index in [1.165, 1.54) is 6.07 Å². The molecule has 5 nitrogen and oxygen atoms in total. The van der Waals surface area contributed by atoms with Crippen molar-refractivity contribution in [3.63, 3.8) is 0 Å². The van der Waals surface area contributed by atoms with Crippen LogP contribution in [0.15, 0.2) is 6.07 Å². The van der Waals surface area contributed by atoms with Crippen LogP contribution in [0.4, 0.5) is 4.39 Å². The molecule has 20 heavy (non-hydrogen) atoms. The first-order valence-corrected chi connectivity index (χ1v) is 6.60. The number of aromatic hydroxyl groups is 1. The highest BCUT2D eigenvalue weighted by Crippen LogP contribution is 2.50. The summed E-state index contributed by atoms with van der Waals surface area (Å²) in [6.07, 6.45) is 1.66. The second kappa shape index (κ2) is 4.85. The molecule has 0 aromatic heterocycles. The lowest BCUT2D eigenvalue weighted by atomic mass is 9.89. The number of carboxylic acids is 1. The molecule has 1 heterocycles. The summed E-state index contributed by atoms with van der Waals surface area (Å²) in [6, 6.07) is 1.51. The maximum atomic E-state index is 14.1. The molecule has 1 atom stereocenters. The van der Waals surface area contributed by atoms with Gasteiger partial charge in [-0.25, -0.2) is 0 Å². The molecule has 108 valence electrons. The number of fused-ring (bicyclic) bond motifs is 1. The Bertz CT molecular complexity index is 553. The van der Waals surface area contributed by atoms with Crippen molar-refractivity contribution in [3.05, 3.63) is 17.4 Å². The Balaban J connectivity index is 2.03. The largest absolute Gasteiger partial charge is 0.505 e. The molecule has 1 fully saturated rings. The maximum Gasteiger partial charge on any atom is 0.303 e. The van der Waals surface area contributed by atoms with Gasteiger partial charge in [0.05, 0.1) is 6.42 Å². The summed E-state index contributed by atoms with van der Waals surface area (Å²) in [4.78, 5) is 11.0. The number of phenols is 1. The minimum Gasteiger partial charge on any atom is -0.505 e. The molecule has 1 aromatic rings.